The van der Waals surface area contributed by atoms with E-state index in [1.165, 1.54) is 10.9 Å². The summed E-state index contributed by atoms with van der Waals surface area (Å²) in [5.74, 6) is -0.335. The number of thiocarbonyl (C=S) groups is 1. The van der Waals surface area contributed by atoms with Crippen LogP contribution < -0.4 is 11.1 Å². The maximum absolute atomic E-state index is 13.8. The molecule has 0 amide bonds. The lowest BCUT2D eigenvalue weighted by molar-refractivity contribution is 0.630. The van der Waals surface area contributed by atoms with E-state index in [0.29, 0.717) is 17.8 Å². The average Bonchev–Trinajstić information content (AvgIpc) is 2.77. The summed E-state index contributed by atoms with van der Waals surface area (Å²) in [6, 6.07) is 8.80. The smallest absolute Gasteiger partial charge is 0.146 e. The Morgan fingerprint density at radius 2 is 2.16 bits per heavy atom. The van der Waals surface area contributed by atoms with Gasteiger partial charge in [-0.2, -0.15) is 0 Å². The predicted octanol–water partition coefficient (Wildman–Crippen LogP) is 3.94. The molecule has 0 atom stereocenters. The van der Waals surface area contributed by atoms with Gasteiger partial charge >= 0.3 is 0 Å². The molecule has 100 valence electrons. The fourth-order valence-corrected chi connectivity index (χ4v) is 3.23. The van der Waals surface area contributed by atoms with Crippen molar-refractivity contribution < 1.29 is 4.39 Å². The van der Waals surface area contributed by atoms with Crippen molar-refractivity contribution in [3.63, 3.8) is 0 Å². The number of nitrogens with one attached hydrogen (secondary N) is 1. The van der Waals surface area contributed by atoms with Gasteiger partial charge in [0.15, 0.2) is 0 Å². The summed E-state index contributed by atoms with van der Waals surface area (Å²) >= 11 is 9.91. The van der Waals surface area contributed by atoms with Crippen molar-refractivity contribution in [3.05, 3.63) is 50.4 Å². The van der Waals surface area contributed by atoms with E-state index >= 15 is 0 Å². The van der Waals surface area contributed by atoms with E-state index in [9.17, 15) is 4.39 Å². The van der Waals surface area contributed by atoms with Crippen LogP contribution in [0.5, 0.6) is 0 Å². The second-order valence-corrected chi connectivity index (χ2v) is 6.93. The van der Waals surface area contributed by atoms with Crippen LogP contribution in [0, 0.1) is 5.82 Å². The van der Waals surface area contributed by atoms with Gasteiger partial charge in [-0.1, -0.05) is 12.2 Å². The molecule has 0 aliphatic carbocycles. The lowest BCUT2D eigenvalue weighted by atomic mass is 10.2. The molecule has 0 bridgehead atoms. The predicted molar refractivity (Wildman–Crippen MR) is 86.5 cm³/mol. The topological polar surface area (TPSA) is 38.0 Å². The third kappa shape index (κ3) is 3.99. The molecule has 2 aromatic rings. The van der Waals surface area contributed by atoms with E-state index in [-0.39, 0.29) is 10.8 Å². The largest absolute Gasteiger partial charge is 0.389 e. The van der Waals surface area contributed by atoms with Gasteiger partial charge in [-0.25, -0.2) is 4.39 Å². The summed E-state index contributed by atoms with van der Waals surface area (Å²) < 4.78 is 14.9. The van der Waals surface area contributed by atoms with Gasteiger partial charge in [0.2, 0.25) is 0 Å². The Balaban J connectivity index is 1.94. The van der Waals surface area contributed by atoms with Crippen molar-refractivity contribution in [2.24, 2.45) is 5.73 Å². The zero-order chi connectivity index (χ0) is 13.8. The molecule has 3 N–H and O–H groups in total. The van der Waals surface area contributed by atoms with Gasteiger partial charge in [0, 0.05) is 17.0 Å². The first-order chi connectivity index (χ1) is 9.06. The number of hydrogen-bond donors (Lipinski definition) is 2. The summed E-state index contributed by atoms with van der Waals surface area (Å²) in [5, 5.41) is 3.07. The lowest BCUT2D eigenvalue weighted by Crippen LogP contribution is -2.11. The Kier molecular flexibility index (Phi) is 4.90. The van der Waals surface area contributed by atoms with Crippen LogP contribution in [0.25, 0.3) is 0 Å². The Labute approximate surface area is 129 Å². The van der Waals surface area contributed by atoms with Crippen molar-refractivity contribution in [1.29, 1.82) is 0 Å². The van der Waals surface area contributed by atoms with Crippen molar-refractivity contribution in [3.8, 4) is 0 Å². The SMILES string of the molecule is NC(=S)c1ccc(NCCc2ccc(Br)s2)c(F)c1. The first-order valence-electron chi connectivity index (χ1n) is 5.63. The van der Waals surface area contributed by atoms with Crippen LogP contribution in [0.2, 0.25) is 0 Å². The highest BCUT2D eigenvalue weighted by molar-refractivity contribution is 9.11. The molecule has 0 aliphatic heterocycles. The maximum Gasteiger partial charge on any atom is 0.146 e. The highest BCUT2D eigenvalue weighted by Gasteiger charge is 2.05. The van der Waals surface area contributed by atoms with Crippen LogP contribution in [-0.4, -0.2) is 11.5 Å². The lowest BCUT2D eigenvalue weighted by Gasteiger charge is -2.08. The summed E-state index contributed by atoms with van der Waals surface area (Å²) in [7, 11) is 0. The molecular formula is C13H12BrFN2S2. The summed E-state index contributed by atoms with van der Waals surface area (Å²) in [6.07, 6.45) is 0.854. The van der Waals surface area contributed by atoms with Crippen LogP contribution in [0.4, 0.5) is 10.1 Å². The molecule has 0 unspecified atom stereocenters. The molecule has 0 radical (unpaired) electrons. The molecule has 6 heteroatoms. The molecule has 0 saturated carbocycles. The van der Waals surface area contributed by atoms with Crippen molar-refractivity contribution in [2.45, 2.75) is 6.42 Å². The maximum atomic E-state index is 13.8. The van der Waals surface area contributed by atoms with Crippen LogP contribution in [-0.2, 0) is 6.42 Å². The summed E-state index contributed by atoms with van der Waals surface area (Å²) in [6.45, 7) is 0.677. The first kappa shape index (κ1) is 14.4. The van der Waals surface area contributed by atoms with E-state index in [0.717, 1.165) is 10.2 Å². The number of hydrogen-bond acceptors (Lipinski definition) is 3. The van der Waals surface area contributed by atoms with E-state index in [2.05, 4.69) is 27.3 Å². The van der Waals surface area contributed by atoms with Gasteiger partial charge in [0.25, 0.3) is 0 Å². The molecule has 1 heterocycles. The molecule has 0 aliphatic rings. The van der Waals surface area contributed by atoms with Crippen LogP contribution in [0.15, 0.2) is 34.1 Å². The molecule has 2 nitrogen and oxygen atoms in total. The molecule has 0 spiro atoms. The van der Waals surface area contributed by atoms with Crippen molar-refractivity contribution in [2.75, 3.05) is 11.9 Å². The number of anilines is 1. The highest BCUT2D eigenvalue weighted by atomic mass is 79.9. The monoisotopic (exact) mass is 358 g/mol. The van der Waals surface area contributed by atoms with Gasteiger partial charge < -0.3 is 11.1 Å². The second kappa shape index (κ2) is 6.45. The van der Waals surface area contributed by atoms with Crippen molar-refractivity contribution >= 4 is 50.2 Å². The van der Waals surface area contributed by atoms with Gasteiger partial charge in [-0.15, -0.1) is 11.3 Å². The first-order valence-corrected chi connectivity index (χ1v) is 7.65. The Bertz CT molecular complexity index is 598. The zero-order valence-corrected chi connectivity index (χ0v) is 13.2. The van der Waals surface area contributed by atoms with Gasteiger partial charge in [-0.05, 0) is 52.7 Å². The molecule has 19 heavy (non-hydrogen) atoms. The zero-order valence-electron chi connectivity index (χ0n) is 9.95. The summed E-state index contributed by atoms with van der Waals surface area (Å²) in [4.78, 5) is 1.45. The van der Waals surface area contributed by atoms with Gasteiger partial charge in [0.05, 0.1) is 9.47 Å². The summed E-state index contributed by atoms with van der Waals surface area (Å²) in [5.41, 5.74) is 6.46. The quantitative estimate of drug-likeness (QED) is 0.795. The van der Waals surface area contributed by atoms with Gasteiger partial charge in [0.1, 0.15) is 10.8 Å². The Morgan fingerprint density at radius 3 is 2.74 bits per heavy atom. The van der Waals surface area contributed by atoms with E-state index in [1.54, 1.807) is 23.5 Å². The van der Waals surface area contributed by atoms with Crippen LogP contribution in [0.1, 0.15) is 10.4 Å². The average molecular weight is 359 g/mol. The van der Waals surface area contributed by atoms with Crippen LogP contribution in [0.3, 0.4) is 0 Å². The number of rotatable bonds is 5. The normalized spacial score (nSPS) is 10.4. The molecular weight excluding hydrogens is 347 g/mol. The molecule has 0 fully saturated rings. The minimum atomic E-state index is -0.335. The number of benzene rings is 1. The standard InChI is InChI=1S/C13H12BrFN2S2/c14-12-4-2-9(19-12)5-6-17-11-3-1-8(13(16)18)7-10(11)15/h1-4,7,17H,5-6H2,(H2,16,18). The fourth-order valence-electron chi connectivity index (χ4n) is 1.62. The van der Waals surface area contributed by atoms with Crippen LogP contribution >= 0.6 is 39.5 Å². The number of thiophene rings is 1. The second-order valence-electron chi connectivity index (χ2n) is 3.94. The van der Waals surface area contributed by atoms with Crippen molar-refractivity contribution in [1.82, 2.24) is 0 Å². The third-order valence-corrected chi connectivity index (χ3v) is 4.49. The van der Waals surface area contributed by atoms with E-state index in [1.807, 2.05) is 6.07 Å². The molecule has 2 rings (SSSR count). The Morgan fingerprint density at radius 1 is 1.37 bits per heavy atom. The van der Waals surface area contributed by atoms with E-state index < -0.39 is 0 Å². The fraction of sp³-hybridized carbons (Fsp3) is 0.154. The minimum absolute atomic E-state index is 0.203. The molecule has 1 aromatic heterocycles. The number of nitrogens with two attached hydrogens (primary N) is 1. The molecule has 0 saturated heterocycles. The Hall–Kier alpha value is -0.980. The minimum Gasteiger partial charge on any atom is -0.389 e. The number of halogens is 2. The highest BCUT2D eigenvalue weighted by Crippen LogP contribution is 2.22. The third-order valence-electron chi connectivity index (χ3n) is 2.57. The van der Waals surface area contributed by atoms with Gasteiger partial charge in [-0.3, -0.25) is 0 Å². The molecule has 1 aromatic carbocycles. The van der Waals surface area contributed by atoms with E-state index in [4.69, 9.17) is 18.0 Å².